The minimum Gasteiger partial charge on any atom is -0.481 e. The maximum absolute atomic E-state index is 12.7. The Hall–Kier alpha value is -2.18. The molecule has 1 aliphatic carbocycles. The monoisotopic (exact) mass is 373 g/mol. The van der Waals surface area contributed by atoms with Crippen LogP contribution >= 0.6 is 0 Å². The van der Waals surface area contributed by atoms with E-state index in [2.05, 4.69) is 4.72 Å². The number of carboxylic acids is 1. The van der Waals surface area contributed by atoms with Crippen LogP contribution in [0.5, 0.6) is 0 Å². The topological polar surface area (TPSA) is 83.5 Å². The van der Waals surface area contributed by atoms with Crippen molar-refractivity contribution in [3.8, 4) is 0 Å². The molecule has 1 aliphatic rings. The Morgan fingerprint density at radius 1 is 1.08 bits per heavy atom. The van der Waals surface area contributed by atoms with Gasteiger partial charge in [-0.2, -0.15) is 0 Å². The molecule has 0 saturated heterocycles. The van der Waals surface area contributed by atoms with Crippen LogP contribution in [0.15, 0.2) is 59.5 Å². The van der Waals surface area contributed by atoms with E-state index >= 15 is 0 Å². The molecule has 2 aromatic rings. The molecule has 1 fully saturated rings. The van der Waals surface area contributed by atoms with Crippen LogP contribution in [0.1, 0.15) is 42.7 Å². The highest BCUT2D eigenvalue weighted by atomic mass is 32.2. The summed E-state index contributed by atoms with van der Waals surface area (Å²) in [5, 5.41) is 8.96. The van der Waals surface area contributed by atoms with E-state index in [4.69, 9.17) is 5.11 Å². The number of sulfonamides is 1. The molecule has 138 valence electrons. The highest BCUT2D eigenvalue weighted by molar-refractivity contribution is 7.89. The Balaban J connectivity index is 1.73. The van der Waals surface area contributed by atoms with Crippen LogP contribution in [0.25, 0.3) is 0 Å². The first-order valence-corrected chi connectivity index (χ1v) is 10.3. The summed E-state index contributed by atoms with van der Waals surface area (Å²) in [5.74, 6) is -0.364. The van der Waals surface area contributed by atoms with E-state index in [-0.39, 0.29) is 17.7 Å². The maximum Gasteiger partial charge on any atom is 0.303 e. The molecule has 2 N–H and O–H groups in total. The van der Waals surface area contributed by atoms with Crippen molar-refractivity contribution in [3.63, 3.8) is 0 Å². The Labute approximate surface area is 154 Å². The van der Waals surface area contributed by atoms with Crippen LogP contribution in [0, 0.1) is 0 Å². The molecule has 0 radical (unpaired) electrons. The second kappa shape index (κ2) is 8.01. The average Bonchev–Trinajstić information content (AvgIpc) is 3.45. The van der Waals surface area contributed by atoms with Crippen molar-refractivity contribution in [1.29, 1.82) is 0 Å². The third-order valence-corrected chi connectivity index (χ3v) is 6.13. The number of nitrogens with one attached hydrogen (secondary N) is 1. The van der Waals surface area contributed by atoms with E-state index in [1.807, 2.05) is 42.5 Å². The summed E-state index contributed by atoms with van der Waals surface area (Å²) in [6.45, 7) is 0. The lowest BCUT2D eigenvalue weighted by Gasteiger charge is -2.18. The zero-order chi connectivity index (χ0) is 18.6. The highest BCUT2D eigenvalue weighted by Gasteiger charge is 2.25. The van der Waals surface area contributed by atoms with Crippen LogP contribution < -0.4 is 4.72 Å². The van der Waals surface area contributed by atoms with Gasteiger partial charge in [-0.25, -0.2) is 13.1 Å². The van der Waals surface area contributed by atoms with E-state index in [1.54, 1.807) is 12.1 Å². The van der Waals surface area contributed by atoms with Crippen molar-refractivity contribution in [3.05, 3.63) is 65.7 Å². The molecule has 1 saturated carbocycles. The van der Waals surface area contributed by atoms with Crippen molar-refractivity contribution in [2.75, 3.05) is 0 Å². The number of hydrogen-bond acceptors (Lipinski definition) is 3. The molecule has 2 aromatic carbocycles. The normalized spacial score (nSPS) is 15.5. The van der Waals surface area contributed by atoms with Crippen LogP contribution in [0.3, 0.4) is 0 Å². The van der Waals surface area contributed by atoms with E-state index in [0.717, 1.165) is 5.56 Å². The summed E-state index contributed by atoms with van der Waals surface area (Å²) in [4.78, 5) is 11.1. The Morgan fingerprint density at radius 2 is 1.73 bits per heavy atom. The molecular formula is C20H23NO4S. The van der Waals surface area contributed by atoms with Crippen molar-refractivity contribution >= 4 is 16.0 Å². The zero-order valence-electron chi connectivity index (χ0n) is 14.5. The summed E-state index contributed by atoms with van der Waals surface area (Å²) < 4.78 is 28.1. The molecule has 26 heavy (non-hydrogen) atoms. The van der Waals surface area contributed by atoms with E-state index in [9.17, 15) is 13.2 Å². The summed E-state index contributed by atoms with van der Waals surface area (Å²) in [5.41, 5.74) is 2.14. The fourth-order valence-corrected chi connectivity index (χ4v) is 4.29. The number of carbonyl (C=O) groups is 1. The van der Waals surface area contributed by atoms with Gasteiger partial charge < -0.3 is 5.11 Å². The smallest absolute Gasteiger partial charge is 0.303 e. The summed E-state index contributed by atoms with van der Waals surface area (Å²) in [6.07, 6.45) is 2.94. The Morgan fingerprint density at radius 3 is 2.31 bits per heavy atom. The van der Waals surface area contributed by atoms with Gasteiger partial charge in [0.05, 0.1) is 4.90 Å². The van der Waals surface area contributed by atoms with Gasteiger partial charge in [0, 0.05) is 12.5 Å². The van der Waals surface area contributed by atoms with Crippen LogP contribution in [0.4, 0.5) is 0 Å². The zero-order valence-corrected chi connectivity index (χ0v) is 15.3. The minimum absolute atomic E-state index is 0.0827. The highest BCUT2D eigenvalue weighted by Crippen LogP contribution is 2.40. The van der Waals surface area contributed by atoms with Crippen molar-refractivity contribution in [2.24, 2.45) is 0 Å². The third kappa shape index (κ3) is 5.16. The van der Waals surface area contributed by atoms with Crippen molar-refractivity contribution in [1.82, 2.24) is 4.72 Å². The Bertz CT molecular complexity index is 843. The first-order valence-electron chi connectivity index (χ1n) is 8.82. The molecule has 0 bridgehead atoms. The predicted molar refractivity (Wildman–Crippen MR) is 99.5 cm³/mol. The molecule has 0 spiro atoms. The van der Waals surface area contributed by atoms with Crippen molar-refractivity contribution in [2.45, 2.75) is 49.0 Å². The lowest BCUT2D eigenvalue weighted by molar-refractivity contribution is -0.137. The van der Waals surface area contributed by atoms with Gasteiger partial charge in [-0.3, -0.25) is 4.79 Å². The van der Waals surface area contributed by atoms with E-state index in [1.165, 1.54) is 18.4 Å². The molecule has 0 heterocycles. The number of carboxylic acid groups (broad SMARTS) is 1. The van der Waals surface area contributed by atoms with Gasteiger partial charge in [-0.15, -0.1) is 0 Å². The van der Waals surface area contributed by atoms with Crippen LogP contribution in [-0.2, 0) is 21.2 Å². The number of rotatable bonds is 9. The molecule has 1 atom stereocenters. The van der Waals surface area contributed by atoms with E-state index < -0.39 is 22.0 Å². The first kappa shape index (κ1) is 18.6. The van der Waals surface area contributed by atoms with Gasteiger partial charge in [-0.05, 0) is 54.9 Å². The van der Waals surface area contributed by atoms with Gasteiger partial charge >= 0.3 is 5.97 Å². The standard InChI is InChI=1S/C20H23NO4S/c22-20(23)13-10-18(14-15-4-2-1-3-5-15)21-26(24,25)19-11-8-17(9-12-19)16-6-7-16/h1-5,8-9,11-12,16,18,21H,6-7,10,13-14H2,(H,22,23). The fourth-order valence-electron chi connectivity index (χ4n) is 3.02. The van der Waals surface area contributed by atoms with Crippen LogP contribution in [-0.4, -0.2) is 25.5 Å². The molecule has 5 nitrogen and oxygen atoms in total. The maximum atomic E-state index is 12.7. The van der Waals surface area contributed by atoms with Gasteiger partial charge in [-0.1, -0.05) is 42.5 Å². The molecule has 0 amide bonds. The molecule has 1 unspecified atom stereocenters. The van der Waals surface area contributed by atoms with Gasteiger partial charge in [0.15, 0.2) is 0 Å². The van der Waals surface area contributed by atoms with Crippen molar-refractivity contribution < 1.29 is 18.3 Å². The number of benzene rings is 2. The summed E-state index contributed by atoms with van der Waals surface area (Å²) >= 11 is 0. The van der Waals surface area contributed by atoms with Gasteiger partial charge in [0.25, 0.3) is 0 Å². The van der Waals surface area contributed by atoms with E-state index in [0.29, 0.717) is 12.3 Å². The lowest BCUT2D eigenvalue weighted by atomic mass is 10.0. The minimum atomic E-state index is -3.69. The second-order valence-corrected chi connectivity index (χ2v) is 8.50. The predicted octanol–water partition coefficient (Wildman–Crippen LogP) is 3.32. The first-order chi connectivity index (χ1) is 12.4. The number of hydrogen-bond donors (Lipinski definition) is 2. The van der Waals surface area contributed by atoms with Gasteiger partial charge in [0.2, 0.25) is 10.0 Å². The molecular weight excluding hydrogens is 350 g/mol. The average molecular weight is 373 g/mol. The quantitative estimate of drug-likeness (QED) is 0.706. The third-order valence-electron chi connectivity index (χ3n) is 4.59. The molecule has 6 heteroatoms. The molecule has 3 rings (SSSR count). The summed E-state index contributed by atoms with van der Waals surface area (Å²) in [6, 6.07) is 16.0. The molecule has 0 aromatic heterocycles. The SMILES string of the molecule is O=C(O)CCC(Cc1ccccc1)NS(=O)(=O)c1ccc(C2CC2)cc1. The number of aliphatic carboxylic acids is 1. The Kier molecular flexibility index (Phi) is 5.74. The molecule has 0 aliphatic heterocycles. The lowest BCUT2D eigenvalue weighted by Crippen LogP contribution is -2.36. The largest absolute Gasteiger partial charge is 0.481 e. The fraction of sp³-hybridized carbons (Fsp3) is 0.350. The van der Waals surface area contributed by atoms with Crippen LogP contribution in [0.2, 0.25) is 0 Å². The summed E-state index contributed by atoms with van der Waals surface area (Å²) in [7, 11) is -3.69. The van der Waals surface area contributed by atoms with Gasteiger partial charge in [0.1, 0.15) is 0 Å². The second-order valence-electron chi connectivity index (χ2n) is 6.78.